The average molecular weight is 251 g/mol. The molecule has 0 amide bonds. The number of hydrogen-bond donors (Lipinski definition) is 0. The molecule has 0 aromatic rings. The minimum absolute atomic E-state index is 0.456. The molecule has 2 heteroatoms. The van der Waals surface area contributed by atoms with Gasteiger partial charge in [0.15, 0.2) is 0 Å². The Hall–Kier alpha value is -0.340. The number of likely N-dealkylation sites (tertiary alicyclic amines) is 1. The Kier molecular flexibility index (Phi) is 5.71. The maximum absolute atomic E-state index is 5.52. The topological polar surface area (TPSA) is 12.5 Å². The molecular formula is C16H29NO. The lowest BCUT2D eigenvalue weighted by atomic mass is 9.76. The standard InChI is InChI=1S/C16H29NO/c1-2-7-16(9-14-18-15-10-16)8-3-4-11-17-12-5-6-13-17/h3,8H,2,4-7,9-15H2,1H3. The third-order valence-electron chi connectivity index (χ3n) is 4.52. The van der Waals surface area contributed by atoms with E-state index >= 15 is 0 Å². The van der Waals surface area contributed by atoms with Crippen LogP contribution in [-0.4, -0.2) is 37.7 Å². The molecule has 0 saturated carbocycles. The van der Waals surface area contributed by atoms with E-state index in [1.165, 1.54) is 64.6 Å². The molecule has 0 aromatic carbocycles. The summed E-state index contributed by atoms with van der Waals surface area (Å²) in [7, 11) is 0. The van der Waals surface area contributed by atoms with E-state index in [-0.39, 0.29) is 0 Å². The number of nitrogens with zero attached hydrogens (tertiary/aromatic N) is 1. The van der Waals surface area contributed by atoms with Crippen molar-refractivity contribution in [1.29, 1.82) is 0 Å². The summed E-state index contributed by atoms with van der Waals surface area (Å²) in [5, 5.41) is 0. The lowest BCUT2D eigenvalue weighted by Gasteiger charge is -2.34. The Balaban J connectivity index is 1.76. The highest BCUT2D eigenvalue weighted by Gasteiger charge is 2.28. The molecule has 2 heterocycles. The third kappa shape index (κ3) is 4.10. The first-order valence-electron chi connectivity index (χ1n) is 7.82. The molecule has 2 aliphatic rings. The number of allylic oxidation sites excluding steroid dienone is 1. The molecule has 2 saturated heterocycles. The predicted molar refractivity (Wildman–Crippen MR) is 76.8 cm³/mol. The molecular weight excluding hydrogens is 222 g/mol. The van der Waals surface area contributed by atoms with Crippen LogP contribution in [0.3, 0.4) is 0 Å². The van der Waals surface area contributed by atoms with Gasteiger partial charge in [0, 0.05) is 19.8 Å². The predicted octanol–water partition coefficient (Wildman–Crippen LogP) is 3.63. The van der Waals surface area contributed by atoms with Crippen molar-refractivity contribution in [3.05, 3.63) is 12.2 Å². The molecule has 2 fully saturated rings. The van der Waals surface area contributed by atoms with Gasteiger partial charge in [-0.15, -0.1) is 0 Å². The van der Waals surface area contributed by atoms with E-state index in [4.69, 9.17) is 4.74 Å². The SMILES string of the molecule is CCCC1(C=CCCN2CCCC2)CCOCC1. The Morgan fingerprint density at radius 2 is 1.89 bits per heavy atom. The van der Waals surface area contributed by atoms with Crippen LogP contribution in [0.2, 0.25) is 0 Å². The van der Waals surface area contributed by atoms with E-state index in [1.807, 2.05) is 0 Å². The fourth-order valence-corrected chi connectivity index (χ4v) is 3.37. The summed E-state index contributed by atoms with van der Waals surface area (Å²) in [5.41, 5.74) is 0.456. The molecule has 0 aliphatic carbocycles. The zero-order valence-electron chi connectivity index (χ0n) is 12.0. The van der Waals surface area contributed by atoms with Crippen LogP contribution < -0.4 is 0 Å². The zero-order chi connectivity index (χ0) is 12.7. The zero-order valence-corrected chi connectivity index (χ0v) is 12.0. The molecule has 0 unspecified atom stereocenters. The highest BCUT2D eigenvalue weighted by Crippen LogP contribution is 2.36. The summed E-state index contributed by atoms with van der Waals surface area (Å²) < 4.78 is 5.52. The van der Waals surface area contributed by atoms with E-state index in [0.717, 1.165) is 13.2 Å². The van der Waals surface area contributed by atoms with Crippen LogP contribution in [0.4, 0.5) is 0 Å². The van der Waals surface area contributed by atoms with Gasteiger partial charge in [-0.3, -0.25) is 0 Å². The van der Waals surface area contributed by atoms with Crippen LogP contribution in [0.25, 0.3) is 0 Å². The van der Waals surface area contributed by atoms with Crippen molar-refractivity contribution in [2.75, 3.05) is 32.8 Å². The summed E-state index contributed by atoms with van der Waals surface area (Å²) in [6.07, 6.45) is 14.1. The van der Waals surface area contributed by atoms with Gasteiger partial charge in [-0.1, -0.05) is 25.5 Å². The van der Waals surface area contributed by atoms with Gasteiger partial charge in [0.05, 0.1) is 0 Å². The molecule has 0 spiro atoms. The van der Waals surface area contributed by atoms with E-state index in [0.29, 0.717) is 5.41 Å². The Bertz CT molecular complexity index is 244. The monoisotopic (exact) mass is 251 g/mol. The van der Waals surface area contributed by atoms with Gasteiger partial charge in [-0.05, 0) is 57.0 Å². The lowest BCUT2D eigenvalue weighted by Crippen LogP contribution is -2.27. The van der Waals surface area contributed by atoms with E-state index in [2.05, 4.69) is 24.0 Å². The van der Waals surface area contributed by atoms with Gasteiger partial charge < -0.3 is 9.64 Å². The largest absolute Gasteiger partial charge is 0.381 e. The van der Waals surface area contributed by atoms with E-state index < -0.39 is 0 Å². The van der Waals surface area contributed by atoms with Gasteiger partial charge in [0.2, 0.25) is 0 Å². The average Bonchev–Trinajstić information content (AvgIpc) is 2.89. The first-order chi connectivity index (χ1) is 8.85. The maximum atomic E-state index is 5.52. The minimum atomic E-state index is 0.456. The van der Waals surface area contributed by atoms with E-state index in [9.17, 15) is 0 Å². The Morgan fingerprint density at radius 3 is 2.56 bits per heavy atom. The van der Waals surface area contributed by atoms with Crippen LogP contribution in [0.5, 0.6) is 0 Å². The number of hydrogen-bond acceptors (Lipinski definition) is 2. The summed E-state index contributed by atoms with van der Waals surface area (Å²) >= 11 is 0. The third-order valence-corrected chi connectivity index (χ3v) is 4.52. The van der Waals surface area contributed by atoms with Crippen molar-refractivity contribution >= 4 is 0 Å². The van der Waals surface area contributed by atoms with Gasteiger partial charge in [0.1, 0.15) is 0 Å². The molecule has 18 heavy (non-hydrogen) atoms. The van der Waals surface area contributed by atoms with Gasteiger partial charge in [0.25, 0.3) is 0 Å². The molecule has 0 aromatic heterocycles. The fourth-order valence-electron chi connectivity index (χ4n) is 3.37. The van der Waals surface area contributed by atoms with Crippen LogP contribution in [0.15, 0.2) is 12.2 Å². The van der Waals surface area contributed by atoms with Crippen molar-refractivity contribution in [3.8, 4) is 0 Å². The molecule has 0 N–H and O–H groups in total. The normalized spacial score (nSPS) is 24.9. The number of rotatable bonds is 6. The molecule has 104 valence electrons. The highest BCUT2D eigenvalue weighted by atomic mass is 16.5. The summed E-state index contributed by atoms with van der Waals surface area (Å²) in [5.74, 6) is 0. The highest BCUT2D eigenvalue weighted by molar-refractivity contribution is 5.01. The molecule has 0 radical (unpaired) electrons. The van der Waals surface area contributed by atoms with Crippen molar-refractivity contribution < 1.29 is 4.74 Å². The van der Waals surface area contributed by atoms with Gasteiger partial charge in [-0.25, -0.2) is 0 Å². The Labute approximate surface area is 112 Å². The van der Waals surface area contributed by atoms with Crippen molar-refractivity contribution in [2.45, 2.75) is 51.9 Å². The van der Waals surface area contributed by atoms with Crippen molar-refractivity contribution in [2.24, 2.45) is 5.41 Å². The first-order valence-corrected chi connectivity index (χ1v) is 7.82. The van der Waals surface area contributed by atoms with Crippen LogP contribution in [0.1, 0.15) is 51.9 Å². The molecule has 2 aliphatic heterocycles. The quantitative estimate of drug-likeness (QED) is 0.668. The molecule has 2 nitrogen and oxygen atoms in total. The van der Waals surface area contributed by atoms with Crippen LogP contribution >= 0.6 is 0 Å². The second kappa shape index (κ2) is 7.30. The summed E-state index contributed by atoms with van der Waals surface area (Å²) in [6, 6.07) is 0. The number of ether oxygens (including phenoxy) is 1. The Morgan fingerprint density at radius 1 is 1.17 bits per heavy atom. The lowest BCUT2D eigenvalue weighted by molar-refractivity contribution is 0.0332. The van der Waals surface area contributed by atoms with Crippen molar-refractivity contribution in [3.63, 3.8) is 0 Å². The molecule has 0 atom stereocenters. The van der Waals surface area contributed by atoms with Gasteiger partial charge in [-0.2, -0.15) is 0 Å². The maximum Gasteiger partial charge on any atom is 0.0474 e. The second-order valence-electron chi connectivity index (χ2n) is 5.96. The smallest absolute Gasteiger partial charge is 0.0474 e. The second-order valence-corrected chi connectivity index (χ2v) is 5.96. The fraction of sp³-hybridized carbons (Fsp3) is 0.875. The van der Waals surface area contributed by atoms with Crippen LogP contribution in [0, 0.1) is 5.41 Å². The van der Waals surface area contributed by atoms with Crippen molar-refractivity contribution in [1.82, 2.24) is 4.90 Å². The molecule has 0 bridgehead atoms. The summed E-state index contributed by atoms with van der Waals surface area (Å²) in [4.78, 5) is 2.60. The van der Waals surface area contributed by atoms with Crippen LogP contribution in [-0.2, 0) is 4.74 Å². The first kappa shape index (κ1) is 14.1. The minimum Gasteiger partial charge on any atom is -0.381 e. The summed E-state index contributed by atoms with van der Waals surface area (Å²) in [6.45, 7) is 8.11. The molecule has 2 rings (SSSR count). The van der Waals surface area contributed by atoms with Gasteiger partial charge >= 0.3 is 0 Å². The van der Waals surface area contributed by atoms with E-state index in [1.54, 1.807) is 0 Å².